The Bertz CT molecular complexity index is 1360. The van der Waals surface area contributed by atoms with Crippen LogP contribution >= 0.6 is 23.2 Å². The van der Waals surface area contributed by atoms with Crippen LogP contribution in [-0.4, -0.2) is 18.0 Å². The monoisotopic (exact) mass is 480 g/mol. The summed E-state index contributed by atoms with van der Waals surface area (Å²) >= 11 is 12.2. The van der Waals surface area contributed by atoms with Crippen LogP contribution in [0.25, 0.3) is 28.6 Å². The molecule has 7 heteroatoms. The van der Waals surface area contributed by atoms with E-state index < -0.39 is 0 Å². The van der Waals surface area contributed by atoms with Gasteiger partial charge in [0.2, 0.25) is 11.8 Å². The largest absolute Gasteiger partial charge is 0.495 e. The summed E-state index contributed by atoms with van der Waals surface area (Å²) in [4.78, 5) is 17.1. The number of oxazole rings is 1. The van der Waals surface area contributed by atoms with Gasteiger partial charge >= 0.3 is 0 Å². The molecular formula is C26H22Cl2N2O3. The highest BCUT2D eigenvalue weighted by Gasteiger charge is 2.12. The third kappa shape index (κ3) is 5.21. The molecule has 0 bridgehead atoms. The summed E-state index contributed by atoms with van der Waals surface area (Å²) in [7, 11) is 1.51. The lowest BCUT2D eigenvalue weighted by molar-refractivity contribution is -0.111. The molecule has 0 aliphatic heterocycles. The van der Waals surface area contributed by atoms with Crippen molar-refractivity contribution < 1.29 is 13.9 Å². The SMILES string of the molecule is COc1c(Cl)cc(Cl)cc1/C=C/C(=O)Nc1cccc(-c2nc3cc(C(C)C)ccc3o2)c1. The Hall–Kier alpha value is -3.28. The van der Waals surface area contributed by atoms with Crippen LogP contribution in [0.4, 0.5) is 5.69 Å². The van der Waals surface area contributed by atoms with Gasteiger partial charge in [0, 0.05) is 27.9 Å². The summed E-state index contributed by atoms with van der Waals surface area (Å²) in [6, 6.07) is 16.6. The fourth-order valence-corrected chi connectivity index (χ4v) is 4.01. The molecule has 0 saturated carbocycles. The van der Waals surface area contributed by atoms with E-state index in [4.69, 9.17) is 32.4 Å². The van der Waals surface area contributed by atoms with E-state index in [1.807, 2.05) is 36.4 Å². The summed E-state index contributed by atoms with van der Waals surface area (Å²) in [5, 5.41) is 3.67. The number of aromatic nitrogens is 1. The minimum atomic E-state index is -0.315. The van der Waals surface area contributed by atoms with Crippen molar-refractivity contribution in [1.82, 2.24) is 4.98 Å². The van der Waals surface area contributed by atoms with E-state index in [2.05, 4.69) is 24.1 Å². The highest BCUT2D eigenvalue weighted by atomic mass is 35.5. The highest BCUT2D eigenvalue weighted by molar-refractivity contribution is 6.36. The summed E-state index contributed by atoms with van der Waals surface area (Å²) in [5.74, 6) is 1.04. The molecule has 1 amide bonds. The Morgan fingerprint density at radius 1 is 1.12 bits per heavy atom. The van der Waals surface area contributed by atoms with Gasteiger partial charge in [0.1, 0.15) is 11.3 Å². The number of nitrogens with one attached hydrogen (secondary N) is 1. The zero-order valence-electron chi connectivity index (χ0n) is 18.4. The normalized spacial score (nSPS) is 11.5. The molecule has 0 fully saturated rings. The highest BCUT2D eigenvalue weighted by Crippen LogP contribution is 2.33. The van der Waals surface area contributed by atoms with Crippen LogP contribution in [0.1, 0.15) is 30.9 Å². The number of carbonyl (C=O) groups excluding carboxylic acids is 1. The fraction of sp³-hybridized carbons (Fsp3) is 0.154. The Kier molecular flexibility index (Phi) is 6.72. The molecule has 1 aromatic heterocycles. The van der Waals surface area contributed by atoms with Crippen molar-refractivity contribution in [3.05, 3.63) is 81.8 Å². The molecule has 1 N–H and O–H groups in total. The van der Waals surface area contributed by atoms with E-state index in [1.165, 1.54) is 18.7 Å². The number of methoxy groups -OCH3 is 1. The molecule has 0 aliphatic carbocycles. The van der Waals surface area contributed by atoms with Gasteiger partial charge in [-0.05, 0) is 60.0 Å². The number of amides is 1. The Labute approximate surface area is 202 Å². The molecule has 5 nitrogen and oxygen atoms in total. The Morgan fingerprint density at radius 3 is 2.70 bits per heavy atom. The van der Waals surface area contributed by atoms with E-state index in [-0.39, 0.29) is 5.91 Å². The molecule has 33 heavy (non-hydrogen) atoms. The van der Waals surface area contributed by atoms with Gasteiger partial charge < -0.3 is 14.5 Å². The van der Waals surface area contributed by atoms with E-state index in [9.17, 15) is 4.79 Å². The molecule has 0 spiro atoms. The van der Waals surface area contributed by atoms with Crippen molar-refractivity contribution in [2.75, 3.05) is 12.4 Å². The van der Waals surface area contributed by atoms with Crippen LogP contribution in [0.5, 0.6) is 5.75 Å². The Morgan fingerprint density at radius 2 is 1.94 bits per heavy atom. The number of fused-ring (bicyclic) bond motifs is 1. The minimum absolute atomic E-state index is 0.315. The van der Waals surface area contributed by atoms with Gasteiger partial charge in [-0.3, -0.25) is 4.79 Å². The van der Waals surface area contributed by atoms with Crippen molar-refractivity contribution >= 4 is 52.0 Å². The maximum atomic E-state index is 12.5. The molecule has 0 atom stereocenters. The molecular weight excluding hydrogens is 459 g/mol. The number of hydrogen-bond acceptors (Lipinski definition) is 4. The molecule has 3 aromatic carbocycles. The zero-order valence-corrected chi connectivity index (χ0v) is 19.9. The topological polar surface area (TPSA) is 64.4 Å². The van der Waals surface area contributed by atoms with Gasteiger partial charge in [0.25, 0.3) is 0 Å². The number of nitrogens with zero attached hydrogens (tertiary/aromatic N) is 1. The second-order valence-corrected chi connectivity index (χ2v) is 8.66. The van der Waals surface area contributed by atoms with Crippen molar-refractivity contribution in [2.24, 2.45) is 0 Å². The van der Waals surface area contributed by atoms with Gasteiger partial charge in [-0.25, -0.2) is 4.98 Å². The summed E-state index contributed by atoms with van der Waals surface area (Å²) in [6.45, 7) is 4.28. The molecule has 4 rings (SSSR count). The quantitative estimate of drug-likeness (QED) is 0.288. The van der Waals surface area contributed by atoms with Gasteiger partial charge in [-0.2, -0.15) is 0 Å². The number of halogens is 2. The predicted octanol–water partition coefficient (Wildman–Crippen LogP) is 7.59. The second-order valence-electron chi connectivity index (χ2n) is 7.81. The second kappa shape index (κ2) is 9.69. The van der Waals surface area contributed by atoms with Crippen LogP contribution in [0, 0.1) is 0 Å². The van der Waals surface area contributed by atoms with Crippen LogP contribution < -0.4 is 10.1 Å². The first kappa shape index (κ1) is 22.9. The van der Waals surface area contributed by atoms with Crippen molar-refractivity contribution in [1.29, 1.82) is 0 Å². The van der Waals surface area contributed by atoms with Crippen molar-refractivity contribution in [3.63, 3.8) is 0 Å². The van der Waals surface area contributed by atoms with Gasteiger partial charge in [-0.15, -0.1) is 0 Å². The Balaban J connectivity index is 1.53. The standard InChI is InChI=1S/C26H22Cl2N2O3/c1-15(2)16-7-9-23-22(13-16)30-26(33-23)18-5-4-6-20(12-18)29-24(31)10-8-17-11-19(27)14-21(28)25(17)32-3/h4-15H,1-3H3,(H,29,31)/b10-8+. The van der Waals surface area contributed by atoms with E-state index in [1.54, 1.807) is 24.3 Å². The average molecular weight is 481 g/mol. The lowest BCUT2D eigenvalue weighted by Crippen LogP contribution is -2.07. The first-order valence-corrected chi connectivity index (χ1v) is 11.1. The van der Waals surface area contributed by atoms with Crippen LogP contribution in [0.15, 0.2) is 65.1 Å². The summed E-state index contributed by atoms with van der Waals surface area (Å²) in [5.41, 5.74) is 4.72. The van der Waals surface area contributed by atoms with E-state index in [0.717, 1.165) is 16.7 Å². The molecule has 0 unspecified atom stereocenters. The van der Waals surface area contributed by atoms with Crippen LogP contribution in [0.2, 0.25) is 10.0 Å². The smallest absolute Gasteiger partial charge is 0.248 e. The van der Waals surface area contributed by atoms with Crippen molar-refractivity contribution in [3.8, 4) is 17.2 Å². The number of ether oxygens (including phenoxy) is 1. The van der Waals surface area contributed by atoms with Crippen molar-refractivity contribution in [2.45, 2.75) is 19.8 Å². The van der Waals surface area contributed by atoms with Gasteiger partial charge in [0.05, 0.1) is 12.1 Å². The number of rotatable bonds is 6. The molecule has 1 heterocycles. The third-order valence-electron chi connectivity index (χ3n) is 5.11. The maximum Gasteiger partial charge on any atom is 0.248 e. The zero-order chi connectivity index (χ0) is 23.5. The van der Waals surface area contributed by atoms with Gasteiger partial charge in [-0.1, -0.05) is 49.2 Å². The third-order valence-corrected chi connectivity index (χ3v) is 5.61. The number of benzene rings is 3. The fourth-order valence-electron chi connectivity index (χ4n) is 3.43. The molecule has 168 valence electrons. The summed E-state index contributed by atoms with van der Waals surface area (Å²) < 4.78 is 11.2. The average Bonchev–Trinajstić information content (AvgIpc) is 3.21. The predicted molar refractivity (Wildman–Crippen MR) is 134 cm³/mol. The maximum absolute atomic E-state index is 12.5. The van der Waals surface area contributed by atoms with E-state index >= 15 is 0 Å². The molecule has 0 aliphatic rings. The first-order chi connectivity index (χ1) is 15.8. The lowest BCUT2D eigenvalue weighted by Gasteiger charge is -2.08. The molecule has 0 radical (unpaired) electrons. The molecule has 0 saturated heterocycles. The first-order valence-electron chi connectivity index (χ1n) is 10.4. The van der Waals surface area contributed by atoms with Crippen LogP contribution in [0.3, 0.4) is 0 Å². The van der Waals surface area contributed by atoms with Crippen LogP contribution in [-0.2, 0) is 4.79 Å². The minimum Gasteiger partial charge on any atom is -0.495 e. The molecule has 4 aromatic rings. The number of carbonyl (C=O) groups is 1. The van der Waals surface area contributed by atoms with Gasteiger partial charge in [0.15, 0.2) is 5.58 Å². The van der Waals surface area contributed by atoms with E-state index in [0.29, 0.717) is 38.9 Å². The summed E-state index contributed by atoms with van der Waals surface area (Å²) in [6.07, 6.45) is 2.99. The number of hydrogen-bond donors (Lipinski definition) is 1. The lowest BCUT2D eigenvalue weighted by atomic mass is 10.0. The number of anilines is 1.